The lowest BCUT2D eigenvalue weighted by Crippen LogP contribution is -2.43. The number of benzene rings is 1. The molecule has 0 spiro atoms. The molecule has 1 saturated heterocycles. The first-order chi connectivity index (χ1) is 15.1. The molecule has 2 aromatic heterocycles. The van der Waals surface area contributed by atoms with Gasteiger partial charge in [0.1, 0.15) is 0 Å². The van der Waals surface area contributed by atoms with E-state index in [1.165, 1.54) is 15.6 Å². The summed E-state index contributed by atoms with van der Waals surface area (Å²) in [5.41, 5.74) is 1.53. The van der Waals surface area contributed by atoms with Crippen LogP contribution in [0, 0.1) is 26.7 Å². The van der Waals surface area contributed by atoms with E-state index < -0.39 is 15.9 Å². The number of rotatable bonds is 5. The minimum absolute atomic E-state index is 0.132. The third-order valence-corrected chi connectivity index (χ3v) is 8.84. The van der Waals surface area contributed by atoms with Gasteiger partial charge in [0, 0.05) is 35.6 Å². The van der Waals surface area contributed by atoms with Crippen LogP contribution in [0.4, 0.5) is 5.69 Å². The van der Waals surface area contributed by atoms with Crippen molar-refractivity contribution in [1.29, 1.82) is 0 Å². The monoisotopic (exact) mass is 494 g/mol. The first-order valence-electron chi connectivity index (χ1n) is 10.1. The lowest BCUT2D eigenvalue weighted by Gasteiger charge is -2.31. The Hall–Kier alpha value is -2.27. The smallest absolute Gasteiger partial charge is 0.244 e. The Balaban J connectivity index is 1.52. The lowest BCUT2D eigenvalue weighted by atomic mass is 9.98. The van der Waals surface area contributed by atoms with E-state index in [2.05, 4.69) is 15.5 Å². The number of amides is 1. The number of nitrogens with zero attached hydrogens (tertiary/aromatic N) is 3. The molecule has 0 saturated carbocycles. The van der Waals surface area contributed by atoms with E-state index in [9.17, 15) is 13.2 Å². The number of carbonyl (C=O) groups excluding carboxylic acids is 1. The molecule has 0 unspecified atom stereocenters. The van der Waals surface area contributed by atoms with Crippen LogP contribution in [0.1, 0.15) is 29.2 Å². The minimum atomic E-state index is -3.77. The highest BCUT2D eigenvalue weighted by Gasteiger charge is 2.35. The summed E-state index contributed by atoms with van der Waals surface area (Å²) >= 11 is 7.29. The van der Waals surface area contributed by atoms with Gasteiger partial charge < -0.3 is 9.84 Å². The summed E-state index contributed by atoms with van der Waals surface area (Å²) in [5.74, 6) is 0.148. The van der Waals surface area contributed by atoms with E-state index in [1.54, 1.807) is 38.1 Å². The van der Waals surface area contributed by atoms with E-state index in [-0.39, 0.29) is 17.3 Å². The van der Waals surface area contributed by atoms with Crippen molar-refractivity contribution in [2.75, 3.05) is 18.4 Å². The predicted molar refractivity (Wildman–Crippen MR) is 123 cm³/mol. The number of nitrogens with one attached hydrogen (secondary N) is 1. The summed E-state index contributed by atoms with van der Waals surface area (Å²) < 4.78 is 33.2. The van der Waals surface area contributed by atoms with Crippen LogP contribution in [0.15, 0.2) is 33.7 Å². The molecule has 0 bridgehead atoms. The summed E-state index contributed by atoms with van der Waals surface area (Å²) in [6.07, 6.45) is 1.23. The van der Waals surface area contributed by atoms with Crippen LogP contribution in [0.25, 0.3) is 10.7 Å². The fraction of sp³-hybridized carbons (Fsp3) is 0.381. The number of aryl methyl sites for hydroxylation is 3. The highest BCUT2D eigenvalue weighted by atomic mass is 35.5. The van der Waals surface area contributed by atoms with Crippen molar-refractivity contribution in [3.63, 3.8) is 0 Å². The molecular weight excluding hydrogens is 472 g/mol. The van der Waals surface area contributed by atoms with Crippen molar-refractivity contribution in [2.45, 2.75) is 38.5 Å². The quantitative estimate of drug-likeness (QED) is 0.563. The lowest BCUT2D eigenvalue weighted by molar-refractivity contribution is -0.120. The number of halogens is 1. The molecule has 0 aliphatic carbocycles. The highest BCUT2D eigenvalue weighted by molar-refractivity contribution is 7.89. The van der Waals surface area contributed by atoms with E-state index in [0.717, 1.165) is 5.56 Å². The van der Waals surface area contributed by atoms with Gasteiger partial charge in [0.2, 0.25) is 27.6 Å². The van der Waals surface area contributed by atoms with Gasteiger partial charge in [-0.3, -0.25) is 4.79 Å². The SMILES string of the molecule is Cc1nc(-c2cc(S(=O)(=O)N3CCC[C@@H](C(=O)Nc4ccc(Cl)cc4C)C3)c(C)s2)no1. The first kappa shape index (κ1) is 22.9. The number of carbonyl (C=O) groups is 1. The van der Waals surface area contributed by atoms with Gasteiger partial charge in [-0.15, -0.1) is 11.3 Å². The van der Waals surface area contributed by atoms with Crippen molar-refractivity contribution < 1.29 is 17.7 Å². The standard InChI is InChI=1S/C21H23ClN4O4S2/c1-12-9-16(22)6-7-17(12)24-21(27)15-5-4-8-26(11-15)32(28,29)19-10-18(31-13(19)2)20-23-14(3)30-25-20/h6-7,9-10,15H,4-5,8,11H2,1-3H3,(H,24,27)/t15-/m1/s1. The zero-order valence-corrected chi connectivity index (χ0v) is 20.3. The molecule has 1 N–H and O–H groups in total. The van der Waals surface area contributed by atoms with Gasteiger partial charge >= 0.3 is 0 Å². The largest absolute Gasteiger partial charge is 0.339 e. The third kappa shape index (κ3) is 4.59. The molecule has 4 rings (SSSR count). The fourth-order valence-electron chi connectivity index (χ4n) is 3.75. The molecule has 1 fully saturated rings. The maximum absolute atomic E-state index is 13.4. The second kappa shape index (κ2) is 8.93. The number of anilines is 1. The van der Waals surface area contributed by atoms with Gasteiger partial charge in [-0.05, 0) is 56.5 Å². The molecule has 1 amide bonds. The predicted octanol–water partition coefficient (Wildman–Crippen LogP) is 4.42. The van der Waals surface area contributed by atoms with Gasteiger partial charge in [-0.1, -0.05) is 16.8 Å². The van der Waals surface area contributed by atoms with Crippen LogP contribution in [-0.4, -0.2) is 41.9 Å². The Morgan fingerprint density at radius 3 is 2.75 bits per heavy atom. The van der Waals surface area contributed by atoms with Gasteiger partial charge in [-0.25, -0.2) is 8.42 Å². The molecule has 0 radical (unpaired) electrons. The van der Waals surface area contributed by atoms with E-state index >= 15 is 0 Å². The fourth-order valence-corrected chi connectivity index (χ4v) is 6.98. The van der Waals surface area contributed by atoms with Crippen molar-refractivity contribution in [1.82, 2.24) is 14.4 Å². The molecule has 1 aliphatic heterocycles. The van der Waals surface area contributed by atoms with Crippen LogP contribution >= 0.6 is 22.9 Å². The highest BCUT2D eigenvalue weighted by Crippen LogP contribution is 2.35. The van der Waals surface area contributed by atoms with E-state index in [4.69, 9.17) is 16.1 Å². The maximum Gasteiger partial charge on any atom is 0.244 e. The van der Waals surface area contributed by atoms with E-state index in [0.29, 0.717) is 51.6 Å². The molecule has 8 nitrogen and oxygen atoms in total. The normalized spacial score (nSPS) is 17.4. The summed E-state index contributed by atoms with van der Waals surface area (Å²) in [7, 11) is -3.77. The molecule has 170 valence electrons. The first-order valence-corrected chi connectivity index (χ1v) is 12.8. The van der Waals surface area contributed by atoms with Crippen molar-refractivity contribution in [3.8, 4) is 10.7 Å². The Morgan fingerprint density at radius 2 is 2.06 bits per heavy atom. The zero-order chi connectivity index (χ0) is 23.0. The topological polar surface area (TPSA) is 105 Å². The minimum Gasteiger partial charge on any atom is -0.339 e. The second-order valence-corrected chi connectivity index (χ2v) is 11.4. The molecule has 1 aliphatic rings. The van der Waals surface area contributed by atoms with Gasteiger partial charge in [0.25, 0.3) is 0 Å². The third-order valence-electron chi connectivity index (χ3n) is 5.44. The molecule has 3 aromatic rings. The molecular formula is C21H23ClN4O4S2. The summed E-state index contributed by atoms with van der Waals surface area (Å²) in [6.45, 7) is 5.80. The molecule has 32 heavy (non-hydrogen) atoms. The zero-order valence-electron chi connectivity index (χ0n) is 17.9. The Morgan fingerprint density at radius 1 is 1.28 bits per heavy atom. The summed E-state index contributed by atoms with van der Waals surface area (Å²) in [5, 5.41) is 7.39. The number of sulfonamides is 1. The number of aromatic nitrogens is 2. The molecule has 1 aromatic carbocycles. The Bertz CT molecular complexity index is 1270. The van der Waals surface area contributed by atoms with Crippen LogP contribution in [0.5, 0.6) is 0 Å². The molecule has 11 heteroatoms. The van der Waals surface area contributed by atoms with Crippen molar-refractivity contribution in [3.05, 3.63) is 45.6 Å². The van der Waals surface area contributed by atoms with Crippen LogP contribution < -0.4 is 5.32 Å². The number of hydrogen-bond acceptors (Lipinski definition) is 7. The molecule has 3 heterocycles. The summed E-state index contributed by atoms with van der Waals surface area (Å²) in [6, 6.07) is 6.82. The number of hydrogen-bond donors (Lipinski definition) is 1. The summed E-state index contributed by atoms with van der Waals surface area (Å²) in [4.78, 5) is 18.6. The molecule has 1 atom stereocenters. The Labute approximate surface area is 195 Å². The maximum atomic E-state index is 13.4. The average Bonchev–Trinajstić information content (AvgIpc) is 3.36. The van der Waals surface area contributed by atoms with E-state index in [1.807, 2.05) is 6.92 Å². The van der Waals surface area contributed by atoms with Gasteiger partial charge in [0.05, 0.1) is 15.7 Å². The van der Waals surface area contributed by atoms with Gasteiger partial charge in [-0.2, -0.15) is 9.29 Å². The van der Waals surface area contributed by atoms with Crippen LogP contribution in [-0.2, 0) is 14.8 Å². The van der Waals surface area contributed by atoms with Gasteiger partial charge in [0.15, 0.2) is 0 Å². The Kier molecular flexibility index (Phi) is 6.39. The number of piperidine rings is 1. The second-order valence-electron chi connectivity index (χ2n) is 7.82. The number of thiophene rings is 1. The van der Waals surface area contributed by atoms with Crippen LogP contribution in [0.2, 0.25) is 5.02 Å². The average molecular weight is 495 g/mol. The van der Waals surface area contributed by atoms with Crippen molar-refractivity contribution >= 4 is 44.6 Å². The van der Waals surface area contributed by atoms with Crippen LogP contribution in [0.3, 0.4) is 0 Å². The van der Waals surface area contributed by atoms with Crippen molar-refractivity contribution in [2.24, 2.45) is 5.92 Å².